The van der Waals surface area contributed by atoms with Gasteiger partial charge < -0.3 is 10.4 Å². The lowest BCUT2D eigenvalue weighted by Crippen LogP contribution is -2.27. The highest BCUT2D eigenvalue weighted by molar-refractivity contribution is 6.30. The minimum atomic E-state index is -0.446. The molecule has 0 saturated heterocycles. The van der Waals surface area contributed by atoms with E-state index >= 15 is 0 Å². The van der Waals surface area contributed by atoms with Crippen molar-refractivity contribution in [3.63, 3.8) is 0 Å². The van der Waals surface area contributed by atoms with Gasteiger partial charge in [0.25, 0.3) is 5.69 Å². The molecule has 0 radical (unpaired) electrons. The quantitative estimate of drug-likeness (QED) is 0.597. The van der Waals surface area contributed by atoms with Gasteiger partial charge in [-0.05, 0) is 24.5 Å². The fourth-order valence-corrected chi connectivity index (χ4v) is 2.07. The van der Waals surface area contributed by atoms with Crippen LogP contribution in [-0.4, -0.2) is 22.7 Å². The molecule has 0 bridgehead atoms. The first kappa shape index (κ1) is 15.9. The summed E-state index contributed by atoms with van der Waals surface area (Å²) >= 11 is 5.83. The molecule has 6 heteroatoms. The van der Waals surface area contributed by atoms with E-state index in [0.29, 0.717) is 36.0 Å². The first-order valence-electron chi connectivity index (χ1n) is 6.21. The molecule has 2 N–H and O–H groups in total. The van der Waals surface area contributed by atoms with Crippen LogP contribution in [0.15, 0.2) is 18.2 Å². The average molecular weight is 287 g/mol. The van der Waals surface area contributed by atoms with E-state index in [-0.39, 0.29) is 5.69 Å². The topological polar surface area (TPSA) is 75.4 Å². The van der Waals surface area contributed by atoms with Gasteiger partial charge in [0.1, 0.15) is 0 Å². The average Bonchev–Trinajstić information content (AvgIpc) is 2.27. The first-order chi connectivity index (χ1) is 8.90. The van der Waals surface area contributed by atoms with Crippen LogP contribution in [0.4, 0.5) is 5.69 Å². The van der Waals surface area contributed by atoms with Crippen molar-refractivity contribution in [1.29, 1.82) is 0 Å². The highest BCUT2D eigenvalue weighted by Gasteiger charge is 2.14. The van der Waals surface area contributed by atoms with Crippen molar-refractivity contribution >= 4 is 17.3 Å². The smallest absolute Gasteiger partial charge is 0.273 e. The number of benzene rings is 1. The van der Waals surface area contributed by atoms with Gasteiger partial charge in [0.15, 0.2) is 0 Å². The first-order valence-corrected chi connectivity index (χ1v) is 6.59. The standard InChI is InChI=1S/C13H19ClN2O3/c1-9(2)5-12(17)8-15-7-10-6-11(14)3-4-13(10)16(18)19/h3-4,6,9,12,15,17H,5,7-8H2,1-2H3. The summed E-state index contributed by atoms with van der Waals surface area (Å²) in [5, 5.41) is 24.0. The molecule has 0 aliphatic heterocycles. The molecule has 0 aliphatic rings. The van der Waals surface area contributed by atoms with Crippen molar-refractivity contribution in [2.75, 3.05) is 6.54 Å². The highest BCUT2D eigenvalue weighted by atomic mass is 35.5. The number of hydrogen-bond acceptors (Lipinski definition) is 4. The van der Waals surface area contributed by atoms with Crippen molar-refractivity contribution in [2.24, 2.45) is 5.92 Å². The fraction of sp³-hybridized carbons (Fsp3) is 0.538. The third-order valence-corrected chi connectivity index (χ3v) is 2.91. The van der Waals surface area contributed by atoms with E-state index in [2.05, 4.69) is 5.32 Å². The van der Waals surface area contributed by atoms with E-state index in [4.69, 9.17) is 11.6 Å². The number of halogens is 1. The number of aliphatic hydroxyl groups is 1. The zero-order valence-corrected chi connectivity index (χ0v) is 11.9. The Bertz CT molecular complexity index is 438. The van der Waals surface area contributed by atoms with Gasteiger partial charge in [0.05, 0.1) is 11.0 Å². The number of aliphatic hydroxyl groups excluding tert-OH is 1. The normalized spacial score (nSPS) is 12.7. The van der Waals surface area contributed by atoms with Crippen molar-refractivity contribution in [3.05, 3.63) is 38.9 Å². The molecule has 19 heavy (non-hydrogen) atoms. The Hall–Kier alpha value is -1.17. The Balaban J connectivity index is 2.57. The fourth-order valence-electron chi connectivity index (χ4n) is 1.87. The summed E-state index contributed by atoms with van der Waals surface area (Å²) in [7, 11) is 0. The highest BCUT2D eigenvalue weighted by Crippen LogP contribution is 2.22. The number of nitro benzene ring substituents is 1. The van der Waals surface area contributed by atoms with Crippen molar-refractivity contribution in [3.8, 4) is 0 Å². The van der Waals surface area contributed by atoms with Crippen LogP contribution >= 0.6 is 11.6 Å². The predicted octanol–water partition coefficient (Wildman–Crippen LogP) is 2.74. The lowest BCUT2D eigenvalue weighted by atomic mass is 10.1. The Morgan fingerprint density at radius 1 is 1.47 bits per heavy atom. The summed E-state index contributed by atoms with van der Waals surface area (Å²) < 4.78 is 0. The van der Waals surface area contributed by atoms with E-state index < -0.39 is 11.0 Å². The molecular formula is C13H19ClN2O3. The van der Waals surface area contributed by atoms with E-state index in [9.17, 15) is 15.2 Å². The molecule has 1 rings (SSSR count). The molecule has 106 valence electrons. The summed E-state index contributed by atoms with van der Waals surface area (Å²) in [5.74, 6) is 0.414. The van der Waals surface area contributed by atoms with Crippen LogP contribution < -0.4 is 5.32 Å². The van der Waals surface area contributed by atoms with Gasteiger partial charge in [0, 0.05) is 29.7 Å². The summed E-state index contributed by atoms with van der Waals surface area (Å²) in [6.07, 6.45) is 0.253. The molecule has 0 saturated carbocycles. The van der Waals surface area contributed by atoms with Crippen LogP contribution in [0.5, 0.6) is 0 Å². The van der Waals surface area contributed by atoms with Crippen LogP contribution in [-0.2, 0) is 6.54 Å². The van der Waals surface area contributed by atoms with Gasteiger partial charge >= 0.3 is 0 Å². The summed E-state index contributed by atoms with van der Waals surface area (Å²) in [5.41, 5.74) is 0.560. The zero-order valence-electron chi connectivity index (χ0n) is 11.1. The second kappa shape index (κ2) is 7.43. The molecule has 0 aromatic heterocycles. The van der Waals surface area contributed by atoms with E-state index in [0.717, 1.165) is 0 Å². The van der Waals surface area contributed by atoms with Gasteiger partial charge in [-0.2, -0.15) is 0 Å². The maximum Gasteiger partial charge on any atom is 0.273 e. The van der Waals surface area contributed by atoms with Crippen LogP contribution in [0, 0.1) is 16.0 Å². The lowest BCUT2D eigenvalue weighted by molar-refractivity contribution is -0.385. The molecule has 0 heterocycles. The van der Waals surface area contributed by atoms with Gasteiger partial charge in [-0.3, -0.25) is 10.1 Å². The molecule has 5 nitrogen and oxygen atoms in total. The molecule has 1 unspecified atom stereocenters. The molecule has 0 aliphatic carbocycles. The molecule has 1 aromatic rings. The molecular weight excluding hydrogens is 268 g/mol. The predicted molar refractivity (Wildman–Crippen MR) is 75.3 cm³/mol. The molecule has 1 atom stereocenters. The minimum absolute atomic E-state index is 0.0373. The van der Waals surface area contributed by atoms with Gasteiger partial charge in [-0.15, -0.1) is 0 Å². The monoisotopic (exact) mass is 286 g/mol. The SMILES string of the molecule is CC(C)CC(O)CNCc1cc(Cl)ccc1[N+](=O)[O-]. The zero-order chi connectivity index (χ0) is 14.4. The lowest BCUT2D eigenvalue weighted by Gasteiger charge is -2.14. The summed E-state index contributed by atoms with van der Waals surface area (Å²) in [6.45, 7) is 4.78. The van der Waals surface area contributed by atoms with Gasteiger partial charge in [-0.25, -0.2) is 0 Å². The van der Waals surface area contributed by atoms with E-state index in [1.165, 1.54) is 12.1 Å². The summed E-state index contributed by atoms with van der Waals surface area (Å²) in [4.78, 5) is 10.4. The Labute approximate surface area is 117 Å². The van der Waals surface area contributed by atoms with Crippen molar-refractivity contribution in [1.82, 2.24) is 5.32 Å². The van der Waals surface area contributed by atoms with Crippen LogP contribution in [0.1, 0.15) is 25.8 Å². The molecule has 0 fully saturated rings. The number of nitrogens with one attached hydrogen (secondary N) is 1. The van der Waals surface area contributed by atoms with E-state index in [1.54, 1.807) is 6.07 Å². The minimum Gasteiger partial charge on any atom is -0.392 e. The largest absolute Gasteiger partial charge is 0.392 e. The molecule has 1 aromatic carbocycles. The number of nitro groups is 1. The van der Waals surface area contributed by atoms with Crippen LogP contribution in [0.25, 0.3) is 0 Å². The third kappa shape index (κ3) is 5.55. The van der Waals surface area contributed by atoms with E-state index in [1.807, 2.05) is 13.8 Å². The van der Waals surface area contributed by atoms with Crippen molar-refractivity contribution in [2.45, 2.75) is 32.9 Å². The Kier molecular flexibility index (Phi) is 6.21. The van der Waals surface area contributed by atoms with Gasteiger partial charge in [-0.1, -0.05) is 25.4 Å². The maximum atomic E-state index is 10.9. The number of rotatable bonds is 7. The maximum absolute atomic E-state index is 10.9. The number of nitrogens with zero attached hydrogens (tertiary/aromatic N) is 1. The Morgan fingerprint density at radius 3 is 2.74 bits per heavy atom. The molecule has 0 spiro atoms. The molecule has 0 amide bonds. The summed E-state index contributed by atoms with van der Waals surface area (Å²) in [6, 6.07) is 4.46. The van der Waals surface area contributed by atoms with Gasteiger partial charge in [0.2, 0.25) is 0 Å². The second-order valence-corrected chi connectivity index (χ2v) is 5.38. The number of hydrogen-bond donors (Lipinski definition) is 2. The van der Waals surface area contributed by atoms with Crippen molar-refractivity contribution < 1.29 is 10.0 Å². The Morgan fingerprint density at radius 2 is 2.16 bits per heavy atom. The van der Waals surface area contributed by atoms with Crippen LogP contribution in [0.3, 0.4) is 0 Å². The van der Waals surface area contributed by atoms with Crippen LogP contribution in [0.2, 0.25) is 5.02 Å². The second-order valence-electron chi connectivity index (χ2n) is 4.94. The third-order valence-electron chi connectivity index (χ3n) is 2.68.